The topological polar surface area (TPSA) is 29.9 Å². The van der Waals surface area contributed by atoms with Crippen molar-refractivity contribution in [1.29, 1.82) is 0 Å². The second-order valence-electron chi connectivity index (χ2n) is 4.37. The smallest absolute Gasteiger partial charge is 0.140 e. The molecule has 0 saturated carbocycles. The van der Waals surface area contributed by atoms with Gasteiger partial charge in [-0.25, -0.2) is 4.98 Å². The van der Waals surface area contributed by atoms with Crippen LogP contribution >= 0.6 is 0 Å². The molecule has 0 fully saturated rings. The van der Waals surface area contributed by atoms with Gasteiger partial charge in [-0.2, -0.15) is 0 Å². The van der Waals surface area contributed by atoms with Crippen LogP contribution in [-0.2, 0) is 13.6 Å². The molecule has 0 atom stereocenters. The van der Waals surface area contributed by atoms with Crippen molar-refractivity contribution in [3.05, 3.63) is 41.2 Å². The lowest BCUT2D eigenvalue weighted by atomic mass is 10.1. The van der Waals surface area contributed by atoms with E-state index < -0.39 is 0 Å². The second kappa shape index (κ2) is 4.72. The molecule has 1 aromatic heterocycles. The minimum Gasteiger partial charge on any atom is -0.330 e. The number of hydrogen-bond donors (Lipinski definition) is 1. The molecule has 1 heterocycles. The molecule has 0 radical (unpaired) electrons. The van der Waals surface area contributed by atoms with Crippen molar-refractivity contribution in [3.8, 4) is 11.4 Å². The maximum atomic E-state index is 4.68. The van der Waals surface area contributed by atoms with Crippen molar-refractivity contribution >= 4 is 0 Å². The summed E-state index contributed by atoms with van der Waals surface area (Å²) in [5.41, 5.74) is 4.81. The lowest BCUT2D eigenvalue weighted by molar-refractivity contribution is 0.732. The lowest BCUT2D eigenvalue weighted by Gasteiger charge is -2.08. The van der Waals surface area contributed by atoms with Crippen LogP contribution in [0.4, 0.5) is 0 Å². The van der Waals surface area contributed by atoms with Gasteiger partial charge in [-0.1, -0.05) is 24.3 Å². The molecule has 90 valence electrons. The third-order valence-electron chi connectivity index (χ3n) is 3.14. The molecular weight excluding hydrogens is 210 g/mol. The summed E-state index contributed by atoms with van der Waals surface area (Å²) >= 11 is 0. The molecule has 0 aliphatic heterocycles. The zero-order valence-electron chi connectivity index (χ0n) is 10.9. The van der Waals surface area contributed by atoms with E-state index in [-0.39, 0.29) is 0 Å². The standard InChI is InChI=1S/C14H19N3/c1-10-7-5-6-8-12(10)14-16-11(2)13(9-15-3)17(14)4/h5-8,15H,9H2,1-4H3. The van der Waals surface area contributed by atoms with Crippen LogP contribution in [0.1, 0.15) is 17.0 Å². The van der Waals surface area contributed by atoms with Gasteiger partial charge in [0.25, 0.3) is 0 Å². The molecule has 17 heavy (non-hydrogen) atoms. The Morgan fingerprint density at radius 3 is 2.59 bits per heavy atom. The Hall–Kier alpha value is -1.61. The molecule has 3 heteroatoms. The number of nitrogens with zero attached hydrogens (tertiary/aromatic N) is 2. The average molecular weight is 229 g/mol. The molecule has 0 unspecified atom stereocenters. The number of hydrogen-bond acceptors (Lipinski definition) is 2. The maximum absolute atomic E-state index is 4.68. The van der Waals surface area contributed by atoms with Gasteiger partial charge in [0.05, 0.1) is 11.4 Å². The molecule has 0 bridgehead atoms. The first-order chi connectivity index (χ1) is 8.15. The summed E-state index contributed by atoms with van der Waals surface area (Å²) in [6.45, 7) is 5.03. The maximum Gasteiger partial charge on any atom is 0.140 e. The van der Waals surface area contributed by atoms with Gasteiger partial charge in [0.2, 0.25) is 0 Å². The average Bonchev–Trinajstić information content (AvgIpc) is 2.58. The van der Waals surface area contributed by atoms with Gasteiger partial charge in [-0.15, -0.1) is 0 Å². The van der Waals surface area contributed by atoms with Crippen LogP contribution in [0.5, 0.6) is 0 Å². The van der Waals surface area contributed by atoms with Gasteiger partial charge in [-0.05, 0) is 26.5 Å². The number of benzene rings is 1. The van der Waals surface area contributed by atoms with Crippen molar-refractivity contribution < 1.29 is 0 Å². The summed E-state index contributed by atoms with van der Waals surface area (Å²) < 4.78 is 2.17. The van der Waals surface area contributed by atoms with E-state index in [0.717, 1.165) is 18.1 Å². The Morgan fingerprint density at radius 2 is 1.94 bits per heavy atom. The minimum absolute atomic E-state index is 0.848. The first-order valence-electron chi connectivity index (χ1n) is 5.88. The van der Waals surface area contributed by atoms with E-state index in [0.29, 0.717) is 0 Å². The van der Waals surface area contributed by atoms with Crippen molar-refractivity contribution in [2.45, 2.75) is 20.4 Å². The van der Waals surface area contributed by atoms with Crippen LogP contribution in [0.15, 0.2) is 24.3 Å². The second-order valence-corrected chi connectivity index (χ2v) is 4.37. The molecule has 2 rings (SSSR count). The summed E-state index contributed by atoms with van der Waals surface area (Å²) in [6.07, 6.45) is 0. The predicted molar refractivity (Wildman–Crippen MR) is 70.9 cm³/mol. The number of imidazole rings is 1. The Balaban J connectivity index is 2.54. The fraction of sp³-hybridized carbons (Fsp3) is 0.357. The highest BCUT2D eigenvalue weighted by Gasteiger charge is 2.13. The van der Waals surface area contributed by atoms with Crippen LogP contribution in [0.25, 0.3) is 11.4 Å². The quantitative estimate of drug-likeness (QED) is 0.876. The first-order valence-corrected chi connectivity index (χ1v) is 5.88. The molecule has 0 aliphatic rings. The zero-order valence-corrected chi connectivity index (χ0v) is 10.9. The van der Waals surface area contributed by atoms with E-state index in [1.54, 1.807) is 0 Å². The molecule has 0 saturated heterocycles. The van der Waals surface area contributed by atoms with Gasteiger partial charge in [0, 0.05) is 19.2 Å². The fourth-order valence-electron chi connectivity index (χ4n) is 2.15. The molecule has 0 amide bonds. The summed E-state index contributed by atoms with van der Waals surface area (Å²) in [7, 11) is 4.04. The highest BCUT2D eigenvalue weighted by molar-refractivity contribution is 5.61. The largest absolute Gasteiger partial charge is 0.330 e. The van der Waals surface area contributed by atoms with E-state index in [1.807, 2.05) is 7.05 Å². The van der Waals surface area contributed by atoms with Crippen molar-refractivity contribution in [3.63, 3.8) is 0 Å². The Labute approximate surface area is 103 Å². The van der Waals surface area contributed by atoms with Crippen LogP contribution in [0.3, 0.4) is 0 Å². The van der Waals surface area contributed by atoms with Crippen molar-refractivity contribution in [2.24, 2.45) is 7.05 Å². The van der Waals surface area contributed by atoms with E-state index in [1.165, 1.54) is 16.8 Å². The van der Waals surface area contributed by atoms with Gasteiger partial charge in [0.15, 0.2) is 0 Å². The summed E-state index contributed by atoms with van der Waals surface area (Å²) in [5, 5.41) is 3.18. The number of rotatable bonds is 3. The molecule has 3 nitrogen and oxygen atoms in total. The third kappa shape index (κ3) is 2.11. The zero-order chi connectivity index (χ0) is 12.4. The fourth-order valence-corrected chi connectivity index (χ4v) is 2.15. The normalized spacial score (nSPS) is 10.8. The summed E-state index contributed by atoms with van der Waals surface area (Å²) in [4.78, 5) is 4.68. The van der Waals surface area contributed by atoms with Crippen molar-refractivity contribution in [1.82, 2.24) is 14.9 Å². The van der Waals surface area contributed by atoms with Crippen molar-refractivity contribution in [2.75, 3.05) is 7.05 Å². The summed E-state index contributed by atoms with van der Waals surface area (Å²) in [5.74, 6) is 1.05. The number of nitrogens with one attached hydrogen (secondary N) is 1. The van der Waals surface area contributed by atoms with Gasteiger partial charge in [-0.3, -0.25) is 0 Å². The van der Waals surface area contributed by atoms with Crippen LogP contribution in [0, 0.1) is 13.8 Å². The molecule has 1 aromatic carbocycles. The monoisotopic (exact) mass is 229 g/mol. The van der Waals surface area contributed by atoms with E-state index >= 15 is 0 Å². The minimum atomic E-state index is 0.848. The SMILES string of the molecule is CNCc1c(C)nc(-c2ccccc2C)n1C. The Bertz CT molecular complexity index is 526. The molecule has 0 spiro atoms. The first kappa shape index (κ1) is 11.9. The Kier molecular flexibility index (Phi) is 3.29. The van der Waals surface area contributed by atoms with E-state index in [4.69, 9.17) is 0 Å². The number of aryl methyl sites for hydroxylation is 2. The lowest BCUT2D eigenvalue weighted by Crippen LogP contribution is -2.10. The van der Waals surface area contributed by atoms with E-state index in [9.17, 15) is 0 Å². The molecular formula is C14H19N3. The highest BCUT2D eigenvalue weighted by atomic mass is 15.1. The summed E-state index contributed by atoms with van der Waals surface area (Å²) in [6, 6.07) is 8.37. The predicted octanol–water partition coefficient (Wildman–Crippen LogP) is 2.42. The third-order valence-corrected chi connectivity index (χ3v) is 3.14. The number of aromatic nitrogens is 2. The van der Waals surface area contributed by atoms with Gasteiger partial charge in [0.1, 0.15) is 5.82 Å². The van der Waals surface area contributed by atoms with Crippen LogP contribution in [-0.4, -0.2) is 16.6 Å². The van der Waals surface area contributed by atoms with Gasteiger partial charge < -0.3 is 9.88 Å². The highest BCUT2D eigenvalue weighted by Crippen LogP contribution is 2.24. The molecule has 2 aromatic rings. The Morgan fingerprint density at radius 1 is 1.24 bits per heavy atom. The van der Waals surface area contributed by atoms with Crippen LogP contribution in [0.2, 0.25) is 0 Å². The van der Waals surface area contributed by atoms with E-state index in [2.05, 4.69) is 60.0 Å². The van der Waals surface area contributed by atoms with Gasteiger partial charge >= 0.3 is 0 Å². The molecule has 0 aliphatic carbocycles. The van der Waals surface area contributed by atoms with Crippen LogP contribution < -0.4 is 5.32 Å². The molecule has 1 N–H and O–H groups in total.